The van der Waals surface area contributed by atoms with Crippen molar-refractivity contribution in [2.24, 2.45) is 0 Å². The van der Waals surface area contributed by atoms with Crippen LogP contribution in [0, 0.1) is 0 Å². The molecular weight excluding hydrogens is 390 g/mol. The van der Waals surface area contributed by atoms with Crippen molar-refractivity contribution < 1.29 is 4.79 Å². The van der Waals surface area contributed by atoms with Gasteiger partial charge in [0.05, 0.1) is 0 Å². The van der Waals surface area contributed by atoms with Gasteiger partial charge in [-0.25, -0.2) is 0 Å². The third-order valence-electron chi connectivity index (χ3n) is 2.73. The zero-order valence-corrected chi connectivity index (χ0v) is 15.4. The maximum atomic E-state index is 12.2. The quantitative estimate of drug-likeness (QED) is 0.508. The van der Waals surface area contributed by atoms with Gasteiger partial charge in [-0.05, 0) is 0 Å². The van der Waals surface area contributed by atoms with Crippen LogP contribution in [0.25, 0.3) is 0 Å². The topological polar surface area (TPSA) is 17.1 Å². The van der Waals surface area contributed by atoms with Gasteiger partial charge in [-0.1, -0.05) is 0 Å². The molecule has 0 unspecified atom stereocenters. The molecule has 1 nitrogen and oxygen atoms in total. The van der Waals surface area contributed by atoms with Gasteiger partial charge in [0, 0.05) is 0 Å². The molecule has 0 aliphatic carbocycles. The van der Waals surface area contributed by atoms with Crippen LogP contribution in [0.2, 0.25) is 0 Å². The SMILES string of the molecule is CCC/C(=C/C(=O)[Se]c1ccccc1)[Se]c1ccccc1. The number of benzene rings is 2. The molecule has 0 aromatic heterocycles. The van der Waals surface area contributed by atoms with E-state index in [2.05, 4.69) is 31.2 Å². The molecule has 0 atom stereocenters. The number of carbonyl (C=O) groups excluding carboxylic acids is 1. The normalized spacial score (nSPS) is 11.4. The molecule has 0 heterocycles. The zero-order valence-electron chi connectivity index (χ0n) is 12.0. The Kier molecular flexibility index (Phi) is 6.98. The van der Waals surface area contributed by atoms with Crippen molar-refractivity contribution >= 4 is 43.5 Å². The number of carbonyl (C=O) groups is 1. The summed E-state index contributed by atoms with van der Waals surface area (Å²) in [6.45, 7) is 2.17. The fourth-order valence-electron chi connectivity index (χ4n) is 1.80. The Hall–Kier alpha value is -1.11. The van der Waals surface area contributed by atoms with Crippen LogP contribution in [-0.2, 0) is 4.79 Å². The Balaban J connectivity index is 2.04. The molecule has 0 spiro atoms. The van der Waals surface area contributed by atoms with E-state index in [0.717, 1.165) is 17.3 Å². The fraction of sp³-hybridized carbons (Fsp3) is 0.167. The molecule has 0 bridgehead atoms. The average molecular weight is 408 g/mol. The van der Waals surface area contributed by atoms with Crippen LogP contribution < -0.4 is 8.92 Å². The van der Waals surface area contributed by atoms with Crippen molar-refractivity contribution in [1.29, 1.82) is 0 Å². The Morgan fingerprint density at radius 2 is 1.43 bits per heavy atom. The summed E-state index contributed by atoms with van der Waals surface area (Å²) in [4.78, 5) is 12.2. The first-order chi connectivity index (χ1) is 10.3. The molecule has 0 amide bonds. The van der Waals surface area contributed by atoms with E-state index in [1.807, 2.05) is 42.5 Å². The van der Waals surface area contributed by atoms with Crippen molar-refractivity contribution in [2.45, 2.75) is 19.8 Å². The molecule has 108 valence electrons. The first kappa shape index (κ1) is 16.3. The van der Waals surface area contributed by atoms with Crippen LogP contribution in [-0.4, -0.2) is 34.6 Å². The van der Waals surface area contributed by atoms with Crippen LogP contribution in [0.1, 0.15) is 19.8 Å². The zero-order chi connectivity index (χ0) is 14.9. The maximum absolute atomic E-state index is 12.2. The second-order valence-corrected chi connectivity index (χ2v) is 9.29. The number of hydrogen-bond donors (Lipinski definition) is 0. The van der Waals surface area contributed by atoms with Crippen LogP contribution in [0.15, 0.2) is 71.2 Å². The summed E-state index contributed by atoms with van der Waals surface area (Å²) < 4.78 is 4.06. The standard InChI is InChI=1S/C18H18OSe2/c1-2-9-17(20-15-10-5-3-6-11-15)14-18(19)21-16-12-7-4-8-13-16/h3-8,10-14H,2,9H2,1H3/b17-14-. The van der Waals surface area contributed by atoms with E-state index >= 15 is 0 Å². The fourth-order valence-corrected chi connectivity index (χ4v) is 5.95. The van der Waals surface area contributed by atoms with Gasteiger partial charge in [-0.2, -0.15) is 0 Å². The van der Waals surface area contributed by atoms with Crippen LogP contribution in [0.5, 0.6) is 0 Å². The predicted octanol–water partition coefficient (Wildman–Crippen LogP) is 2.26. The van der Waals surface area contributed by atoms with E-state index < -0.39 is 0 Å². The summed E-state index contributed by atoms with van der Waals surface area (Å²) >= 11 is 0.159. The first-order valence-electron chi connectivity index (χ1n) is 6.98. The van der Waals surface area contributed by atoms with Crippen LogP contribution in [0.3, 0.4) is 0 Å². The van der Waals surface area contributed by atoms with Gasteiger partial charge >= 0.3 is 139 Å². The molecule has 2 aromatic carbocycles. The molecule has 0 N–H and O–H groups in total. The summed E-state index contributed by atoms with van der Waals surface area (Å²) in [6, 6.07) is 20.5. The molecule has 0 saturated carbocycles. The summed E-state index contributed by atoms with van der Waals surface area (Å²) in [7, 11) is 0. The Labute approximate surface area is 139 Å². The molecule has 0 radical (unpaired) electrons. The van der Waals surface area contributed by atoms with Gasteiger partial charge in [0.25, 0.3) is 0 Å². The summed E-state index contributed by atoms with van der Waals surface area (Å²) in [5, 5.41) is 0. The van der Waals surface area contributed by atoms with Crippen LogP contribution in [0.4, 0.5) is 0 Å². The van der Waals surface area contributed by atoms with Crippen molar-refractivity contribution in [3.05, 3.63) is 71.2 Å². The molecule has 2 rings (SSSR count). The van der Waals surface area contributed by atoms with Crippen molar-refractivity contribution in [1.82, 2.24) is 0 Å². The minimum absolute atomic E-state index is 0.104. The molecule has 3 heteroatoms. The first-order valence-corrected chi connectivity index (χ1v) is 10.4. The van der Waals surface area contributed by atoms with Crippen LogP contribution >= 0.6 is 0 Å². The van der Waals surface area contributed by atoms with Crippen molar-refractivity contribution in [3.63, 3.8) is 0 Å². The van der Waals surface area contributed by atoms with Gasteiger partial charge in [0.2, 0.25) is 0 Å². The van der Waals surface area contributed by atoms with E-state index in [0.29, 0.717) is 0 Å². The van der Waals surface area contributed by atoms with E-state index in [-0.39, 0.29) is 34.6 Å². The van der Waals surface area contributed by atoms with Crippen molar-refractivity contribution in [3.8, 4) is 0 Å². The summed E-state index contributed by atoms with van der Waals surface area (Å²) in [5.41, 5.74) is 0. The monoisotopic (exact) mass is 410 g/mol. The summed E-state index contributed by atoms with van der Waals surface area (Å²) in [5.74, 6) is 0. The van der Waals surface area contributed by atoms with Gasteiger partial charge in [-0.15, -0.1) is 0 Å². The summed E-state index contributed by atoms with van der Waals surface area (Å²) in [6.07, 6.45) is 4.01. The third kappa shape index (κ3) is 6.03. The van der Waals surface area contributed by atoms with E-state index in [4.69, 9.17) is 0 Å². The molecular formula is C18H18OSe2. The second kappa shape index (κ2) is 9.02. The Morgan fingerprint density at radius 1 is 0.905 bits per heavy atom. The molecule has 0 aliphatic rings. The average Bonchev–Trinajstić information content (AvgIpc) is 2.49. The van der Waals surface area contributed by atoms with Gasteiger partial charge in [0.1, 0.15) is 0 Å². The molecule has 0 aliphatic heterocycles. The third-order valence-corrected chi connectivity index (χ3v) is 6.76. The second-order valence-electron chi connectivity index (χ2n) is 4.51. The van der Waals surface area contributed by atoms with E-state index in [1.54, 1.807) is 0 Å². The molecule has 0 fully saturated rings. The Bertz CT molecular complexity index is 591. The van der Waals surface area contributed by atoms with E-state index in [1.165, 1.54) is 8.93 Å². The van der Waals surface area contributed by atoms with Gasteiger partial charge < -0.3 is 0 Å². The molecule has 21 heavy (non-hydrogen) atoms. The minimum atomic E-state index is -0.104. The van der Waals surface area contributed by atoms with Gasteiger partial charge in [-0.3, -0.25) is 0 Å². The number of hydrogen-bond acceptors (Lipinski definition) is 1. The Morgan fingerprint density at radius 3 is 1.95 bits per heavy atom. The molecule has 2 aromatic rings. The van der Waals surface area contributed by atoms with Gasteiger partial charge in [0.15, 0.2) is 0 Å². The number of allylic oxidation sites excluding steroid dienone is 2. The predicted molar refractivity (Wildman–Crippen MR) is 91.7 cm³/mol. The van der Waals surface area contributed by atoms with E-state index in [9.17, 15) is 4.79 Å². The van der Waals surface area contributed by atoms with Crippen molar-refractivity contribution in [2.75, 3.05) is 0 Å². The molecule has 0 saturated heterocycles. The number of rotatable bonds is 7.